The molecule has 2 aromatic rings. The van der Waals surface area contributed by atoms with E-state index in [0.717, 1.165) is 25.7 Å². The van der Waals surface area contributed by atoms with Crippen molar-refractivity contribution < 1.29 is 23.9 Å². The third-order valence-electron chi connectivity index (χ3n) is 5.87. The number of esters is 2. The molecule has 0 aromatic heterocycles. The quantitative estimate of drug-likeness (QED) is 0.173. The maximum absolute atomic E-state index is 12.4. The van der Waals surface area contributed by atoms with Crippen LogP contribution in [0, 0.1) is 0 Å². The summed E-state index contributed by atoms with van der Waals surface area (Å²) in [6.07, 6.45) is 6.55. The van der Waals surface area contributed by atoms with Crippen molar-refractivity contribution >= 4 is 29.5 Å². The Labute approximate surface area is 204 Å². The Kier molecular flexibility index (Phi) is 9.23. The third kappa shape index (κ3) is 8.13. The number of carbonyl (C=O) groups excluding carboxylic acids is 3. The van der Waals surface area contributed by atoms with Gasteiger partial charge in [-0.2, -0.15) is 0 Å². The zero-order chi connectivity index (χ0) is 25.2. The predicted molar refractivity (Wildman–Crippen MR) is 132 cm³/mol. The molecular weight excluding hydrogens is 448 g/mol. The van der Waals surface area contributed by atoms with Gasteiger partial charge in [0.2, 0.25) is 0 Å². The molecular formula is C26H32N4O5. The summed E-state index contributed by atoms with van der Waals surface area (Å²) in [4.78, 5) is 40.9. The van der Waals surface area contributed by atoms with Gasteiger partial charge in [-0.3, -0.25) is 9.59 Å². The Morgan fingerprint density at radius 2 is 1.60 bits per heavy atom. The number of hydrogen-bond acceptors (Lipinski definition) is 6. The highest BCUT2D eigenvalue weighted by molar-refractivity contribution is 5.91. The van der Waals surface area contributed by atoms with E-state index in [9.17, 15) is 14.4 Å². The molecule has 186 valence electrons. The molecule has 9 heteroatoms. The van der Waals surface area contributed by atoms with Gasteiger partial charge in [-0.05, 0) is 61.7 Å². The average Bonchev–Trinajstić information content (AvgIpc) is 3.11. The average molecular weight is 481 g/mol. The molecule has 0 aliphatic heterocycles. The van der Waals surface area contributed by atoms with Crippen LogP contribution >= 0.6 is 0 Å². The fourth-order valence-electron chi connectivity index (χ4n) is 3.90. The van der Waals surface area contributed by atoms with Gasteiger partial charge >= 0.3 is 11.9 Å². The van der Waals surface area contributed by atoms with Crippen LogP contribution in [-0.2, 0) is 14.3 Å². The van der Waals surface area contributed by atoms with Crippen molar-refractivity contribution in [1.29, 1.82) is 0 Å². The summed E-state index contributed by atoms with van der Waals surface area (Å²) >= 11 is 0. The van der Waals surface area contributed by atoms with Gasteiger partial charge in [0.15, 0.2) is 12.6 Å². The van der Waals surface area contributed by atoms with E-state index in [1.165, 1.54) is 12.8 Å². The maximum Gasteiger partial charge on any atom is 0.343 e. The van der Waals surface area contributed by atoms with E-state index >= 15 is 0 Å². The number of ether oxygens (including phenoxy) is 2. The van der Waals surface area contributed by atoms with Crippen molar-refractivity contribution in [2.75, 3.05) is 6.61 Å². The van der Waals surface area contributed by atoms with Crippen LogP contribution in [-0.4, -0.2) is 36.5 Å². The van der Waals surface area contributed by atoms with Crippen molar-refractivity contribution in [3.8, 4) is 5.75 Å². The molecule has 1 aliphatic rings. The molecule has 35 heavy (non-hydrogen) atoms. The second-order valence-electron chi connectivity index (χ2n) is 8.63. The Balaban J connectivity index is 1.48. The molecule has 0 spiro atoms. The normalized spacial score (nSPS) is 14.8. The lowest BCUT2D eigenvalue weighted by Crippen LogP contribution is -2.37. The van der Waals surface area contributed by atoms with Crippen LogP contribution < -0.4 is 21.5 Å². The van der Waals surface area contributed by atoms with E-state index in [2.05, 4.69) is 10.3 Å². The van der Waals surface area contributed by atoms with Crippen molar-refractivity contribution in [3.05, 3.63) is 59.7 Å². The van der Waals surface area contributed by atoms with Crippen LogP contribution in [0.2, 0.25) is 0 Å². The number of benzene rings is 2. The molecule has 0 heterocycles. The summed E-state index contributed by atoms with van der Waals surface area (Å²) in [5, 5.41) is 2.96. The molecule has 1 fully saturated rings. The van der Waals surface area contributed by atoms with E-state index in [0.29, 0.717) is 22.6 Å². The highest BCUT2D eigenvalue weighted by Gasteiger charge is 2.20. The summed E-state index contributed by atoms with van der Waals surface area (Å²) in [5.41, 5.74) is 12.2. The summed E-state index contributed by atoms with van der Waals surface area (Å²) in [6, 6.07) is 13.0. The van der Waals surface area contributed by atoms with Gasteiger partial charge in [-0.25, -0.2) is 9.79 Å². The molecule has 3 rings (SSSR count). The molecule has 0 radical (unpaired) electrons. The van der Waals surface area contributed by atoms with Crippen LogP contribution in [0.5, 0.6) is 5.75 Å². The van der Waals surface area contributed by atoms with Crippen LogP contribution in [0.4, 0.5) is 5.69 Å². The molecule has 1 amide bonds. The van der Waals surface area contributed by atoms with Gasteiger partial charge in [0.1, 0.15) is 5.75 Å². The largest absolute Gasteiger partial charge is 0.455 e. The lowest BCUT2D eigenvalue weighted by molar-refractivity contribution is -0.149. The molecule has 1 aliphatic carbocycles. The van der Waals surface area contributed by atoms with Gasteiger partial charge in [-0.1, -0.05) is 37.8 Å². The molecule has 1 unspecified atom stereocenters. The maximum atomic E-state index is 12.4. The Bertz CT molecular complexity index is 1040. The number of nitrogens with two attached hydrogens (primary N) is 2. The number of nitrogens with one attached hydrogen (secondary N) is 1. The fourth-order valence-corrected chi connectivity index (χ4v) is 3.90. The number of hydrogen-bond donors (Lipinski definition) is 3. The summed E-state index contributed by atoms with van der Waals surface area (Å²) in [6.45, 7) is 1.40. The molecule has 0 saturated heterocycles. The highest BCUT2D eigenvalue weighted by Crippen LogP contribution is 2.22. The van der Waals surface area contributed by atoms with Crippen LogP contribution in [0.15, 0.2) is 53.5 Å². The first-order valence-corrected chi connectivity index (χ1v) is 11.8. The van der Waals surface area contributed by atoms with Crippen molar-refractivity contribution in [3.63, 3.8) is 0 Å². The minimum Gasteiger partial charge on any atom is -0.455 e. The Hall–Kier alpha value is -3.88. The first-order chi connectivity index (χ1) is 16.8. The molecule has 2 aromatic carbocycles. The molecule has 1 atom stereocenters. The highest BCUT2D eigenvalue weighted by atomic mass is 16.5. The van der Waals surface area contributed by atoms with Gasteiger partial charge in [0, 0.05) is 6.04 Å². The first kappa shape index (κ1) is 25.7. The van der Waals surface area contributed by atoms with E-state index < -0.39 is 17.9 Å². The van der Waals surface area contributed by atoms with Gasteiger partial charge in [0.05, 0.1) is 17.2 Å². The number of aliphatic imine (C=N–C) groups is 1. The topological polar surface area (TPSA) is 146 Å². The van der Waals surface area contributed by atoms with Gasteiger partial charge in [0.25, 0.3) is 5.91 Å². The lowest BCUT2D eigenvalue weighted by atomic mass is 10.0. The summed E-state index contributed by atoms with van der Waals surface area (Å²) in [5.74, 6) is -1.63. The van der Waals surface area contributed by atoms with Gasteiger partial charge in [-0.15, -0.1) is 0 Å². The van der Waals surface area contributed by atoms with Crippen LogP contribution in [0.25, 0.3) is 0 Å². The van der Waals surface area contributed by atoms with E-state index in [-0.39, 0.29) is 24.5 Å². The number of rotatable bonds is 8. The summed E-state index contributed by atoms with van der Waals surface area (Å²) in [7, 11) is 0. The smallest absolute Gasteiger partial charge is 0.343 e. The standard InChI is InChI=1S/C26H32N4O5/c1-17(24(32)34-16-23(31)29-20-6-4-2-3-5-7-20)18-10-14-22(15-11-18)35-25(33)19-8-12-21(13-9-19)30-26(27)28/h8-15,17,20H,2-7,16H2,1H3,(H,29,31)(H4,27,28,30). The third-order valence-corrected chi connectivity index (χ3v) is 5.87. The Morgan fingerprint density at radius 3 is 2.20 bits per heavy atom. The van der Waals surface area contributed by atoms with E-state index in [1.54, 1.807) is 55.5 Å². The lowest BCUT2D eigenvalue weighted by Gasteiger charge is -2.17. The number of amides is 1. The fraction of sp³-hybridized carbons (Fsp3) is 0.385. The van der Waals surface area contributed by atoms with E-state index in [4.69, 9.17) is 20.9 Å². The first-order valence-electron chi connectivity index (χ1n) is 11.8. The van der Waals surface area contributed by atoms with Crippen LogP contribution in [0.3, 0.4) is 0 Å². The minimum absolute atomic E-state index is 0.0726. The monoisotopic (exact) mass is 480 g/mol. The van der Waals surface area contributed by atoms with Gasteiger partial charge < -0.3 is 26.3 Å². The Morgan fingerprint density at radius 1 is 0.971 bits per heavy atom. The van der Waals surface area contributed by atoms with E-state index in [1.807, 2.05) is 0 Å². The molecule has 0 bridgehead atoms. The number of carbonyl (C=O) groups is 3. The zero-order valence-corrected chi connectivity index (χ0v) is 19.9. The van der Waals surface area contributed by atoms with Crippen LogP contribution in [0.1, 0.15) is 67.3 Å². The number of guanidine groups is 1. The second kappa shape index (κ2) is 12.5. The van der Waals surface area contributed by atoms with Crippen molar-refractivity contribution in [2.24, 2.45) is 16.5 Å². The minimum atomic E-state index is -0.575. The van der Waals surface area contributed by atoms with Crippen molar-refractivity contribution in [2.45, 2.75) is 57.4 Å². The zero-order valence-electron chi connectivity index (χ0n) is 19.9. The summed E-state index contributed by atoms with van der Waals surface area (Å²) < 4.78 is 10.6. The molecule has 9 nitrogen and oxygen atoms in total. The molecule has 1 saturated carbocycles. The second-order valence-corrected chi connectivity index (χ2v) is 8.63. The van der Waals surface area contributed by atoms with Crippen molar-refractivity contribution in [1.82, 2.24) is 5.32 Å². The predicted octanol–water partition coefficient (Wildman–Crippen LogP) is 3.30. The molecule has 5 N–H and O–H groups in total. The number of nitrogens with zero attached hydrogens (tertiary/aromatic N) is 1. The SMILES string of the molecule is CC(C(=O)OCC(=O)NC1CCCCCC1)c1ccc(OC(=O)c2ccc(N=C(N)N)cc2)cc1.